The molecule has 2 heterocycles. The molecule has 0 spiro atoms. The molecular weight excluding hydrogens is 286 g/mol. The number of carbonyl (C=O) groups excluding carboxylic acids is 1. The van der Waals surface area contributed by atoms with E-state index in [4.69, 9.17) is 0 Å². The first-order valence-corrected chi connectivity index (χ1v) is 7.22. The fourth-order valence-corrected chi connectivity index (χ4v) is 2.67. The number of benzene rings is 1. The minimum Gasteiger partial charge on any atom is -0.345 e. The highest BCUT2D eigenvalue weighted by Crippen LogP contribution is 2.22. The average molecular weight is 299 g/mol. The number of fused-ring (bicyclic) bond motifs is 1. The van der Waals surface area contributed by atoms with Crippen LogP contribution in [-0.2, 0) is 11.3 Å². The van der Waals surface area contributed by atoms with Gasteiger partial charge in [-0.25, -0.2) is 9.97 Å². The first-order valence-electron chi connectivity index (χ1n) is 6.40. The Labute approximate surface area is 124 Å². The number of para-hydroxylation sites is 1. The van der Waals surface area contributed by atoms with Gasteiger partial charge in [0.05, 0.1) is 16.8 Å². The maximum atomic E-state index is 11.7. The summed E-state index contributed by atoms with van der Waals surface area (Å²) in [6.07, 6.45) is 3.18. The van der Waals surface area contributed by atoms with E-state index < -0.39 is 0 Å². The lowest BCUT2D eigenvalue weighted by atomic mass is 10.3. The number of nitrogens with zero attached hydrogens (tertiary/aromatic N) is 3. The molecule has 1 aromatic carbocycles. The van der Waals surface area contributed by atoms with Gasteiger partial charge in [0.1, 0.15) is 10.8 Å². The van der Waals surface area contributed by atoms with Crippen LogP contribution in [0.3, 0.4) is 0 Å². The van der Waals surface area contributed by atoms with Crippen molar-refractivity contribution in [1.82, 2.24) is 25.5 Å². The van der Waals surface area contributed by atoms with E-state index in [9.17, 15) is 4.79 Å². The van der Waals surface area contributed by atoms with Crippen molar-refractivity contribution in [2.24, 2.45) is 0 Å². The minimum absolute atomic E-state index is 0.197. The van der Waals surface area contributed by atoms with Gasteiger partial charge in [-0.05, 0) is 25.1 Å². The lowest BCUT2D eigenvalue weighted by molar-refractivity contribution is -0.116. The number of hydrogen-bond acceptors (Lipinski definition) is 5. The molecule has 0 bridgehead atoms. The highest BCUT2D eigenvalue weighted by Gasteiger charge is 2.03. The van der Waals surface area contributed by atoms with Crippen molar-refractivity contribution in [2.45, 2.75) is 13.5 Å². The average Bonchev–Trinajstić information content (AvgIpc) is 3.08. The lowest BCUT2D eigenvalue weighted by Gasteiger charge is -1.96. The van der Waals surface area contributed by atoms with Gasteiger partial charge >= 0.3 is 0 Å². The van der Waals surface area contributed by atoms with Crippen LogP contribution in [0.5, 0.6) is 0 Å². The summed E-state index contributed by atoms with van der Waals surface area (Å²) < 4.78 is 1.11. The van der Waals surface area contributed by atoms with E-state index in [1.165, 1.54) is 6.08 Å². The van der Waals surface area contributed by atoms with Crippen molar-refractivity contribution < 1.29 is 4.79 Å². The first kappa shape index (κ1) is 13.4. The summed E-state index contributed by atoms with van der Waals surface area (Å²) in [6.45, 7) is 2.11. The van der Waals surface area contributed by atoms with Crippen LogP contribution in [0.15, 0.2) is 30.3 Å². The van der Waals surface area contributed by atoms with Gasteiger partial charge in [-0.1, -0.05) is 12.1 Å². The molecule has 0 aliphatic rings. The van der Waals surface area contributed by atoms with Gasteiger partial charge in [-0.15, -0.1) is 11.3 Å². The molecule has 0 unspecified atom stereocenters. The Balaban J connectivity index is 1.61. The maximum Gasteiger partial charge on any atom is 0.244 e. The molecule has 7 heteroatoms. The number of H-pyrrole nitrogens is 1. The second kappa shape index (κ2) is 5.84. The summed E-state index contributed by atoms with van der Waals surface area (Å²) >= 11 is 1.55. The van der Waals surface area contributed by atoms with Gasteiger partial charge in [0.15, 0.2) is 5.82 Å². The monoisotopic (exact) mass is 299 g/mol. The molecule has 3 rings (SSSR count). The molecule has 2 N–H and O–H groups in total. The molecule has 1 amide bonds. The van der Waals surface area contributed by atoms with Crippen LogP contribution in [-0.4, -0.2) is 26.1 Å². The molecule has 6 nitrogen and oxygen atoms in total. The number of aromatic amines is 1. The Bertz CT molecular complexity index is 771. The number of aryl methyl sites for hydroxylation is 1. The second-order valence-electron chi connectivity index (χ2n) is 4.41. The van der Waals surface area contributed by atoms with Crippen LogP contribution in [0.4, 0.5) is 0 Å². The largest absolute Gasteiger partial charge is 0.345 e. The predicted octanol–water partition coefficient (Wildman–Crippen LogP) is 2.05. The summed E-state index contributed by atoms with van der Waals surface area (Å²) in [7, 11) is 0. The molecular formula is C14H13N5OS. The molecule has 106 valence electrons. The zero-order valence-electron chi connectivity index (χ0n) is 11.3. The maximum absolute atomic E-state index is 11.7. The van der Waals surface area contributed by atoms with Gasteiger partial charge in [0.25, 0.3) is 0 Å². The number of rotatable bonds is 4. The molecule has 21 heavy (non-hydrogen) atoms. The molecule has 0 saturated carbocycles. The van der Waals surface area contributed by atoms with Gasteiger partial charge in [-0.2, -0.15) is 5.10 Å². The van der Waals surface area contributed by atoms with Crippen molar-refractivity contribution in [2.75, 3.05) is 0 Å². The molecule has 0 atom stereocenters. The Morgan fingerprint density at radius 3 is 3.00 bits per heavy atom. The Kier molecular flexibility index (Phi) is 3.74. The van der Waals surface area contributed by atoms with Crippen LogP contribution in [0, 0.1) is 6.92 Å². The summed E-state index contributed by atoms with van der Waals surface area (Å²) in [5.74, 6) is 1.09. The van der Waals surface area contributed by atoms with Crippen LogP contribution in [0.2, 0.25) is 0 Å². The van der Waals surface area contributed by atoms with Crippen molar-refractivity contribution >= 4 is 33.5 Å². The van der Waals surface area contributed by atoms with E-state index in [1.54, 1.807) is 17.4 Å². The molecule has 0 aliphatic heterocycles. The SMILES string of the molecule is Cc1nc(CNC(=O)/C=C\c2nc3ccccc3s2)n[nH]1. The van der Waals surface area contributed by atoms with Gasteiger partial charge in [0.2, 0.25) is 5.91 Å². The van der Waals surface area contributed by atoms with Crippen LogP contribution in [0.1, 0.15) is 16.7 Å². The number of nitrogens with one attached hydrogen (secondary N) is 2. The Morgan fingerprint density at radius 1 is 1.38 bits per heavy atom. The van der Waals surface area contributed by atoms with Gasteiger partial charge in [0, 0.05) is 6.08 Å². The summed E-state index contributed by atoms with van der Waals surface area (Å²) in [5, 5.41) is 10.2. The Hall–Kier alpha value is -2.54. The zero-order chi connectivity index (χ0) is 14.7. The lowest BCUT2D eigenvalue weighted by Crippen LogP contribution is -2.20. The van der Waals surface area contributed by atoms with E-state index in [0.29, 0.717) is 12.4 Å². The number of thiazole rings is 1. The van der Waals surface area contributed by atoms with E-state index in [1.807, 2.05) is 31.2 Å². The number of aromatic nitrogens is 4. The number of hydrogen-bond donors (Lipinski definition) is 2. The fraction of sp³-hybridized carbons (Fsp3) is 0.143. The normalized spacial score (nSPS) is 11.3. The van der Waals surface area contributed by atoms with E-state index in [2.05, 4.69) is 25.5 Å². The third-order valence-corrected chi connectivity index (χ3v) is 3.75. The van der Waals surface area contributed by atoms with Crippen LogP contribution in [0.25, 0.3) is 16.3 Å². The topological polar surface area (TPSA) is 83.6 Å². The molecule has 0 aliphatic carbocycles. The first-order chi connectivity index (χ1) is 10.2. The number of amides is 1. The van der Waals surface area contributed by atoms with Gasteiger partial charge < -0.3 is 5.32 Å². The predicted molar refractivity (Wildman–Crippen MR) is 81.6 cm³/mol. The third kappa shape index (κ3) is 3.32. The van der Waals surface area contributed by atoms with Crippen LogP contribution < -0.4 is 5.32 Å². The van der Waals surface area contributed by atoms with E-state index in [0.717, 1.165) is 21.0 Å². The molecule has 0 radical (unpaired) electrons. The Morgan fingerprint density at radius 2 is 2.24 bits per heavy atom. The smallest absolute Gasteiger partial charge is 0.244 e. The van der Waals surface area contributed by atoms with E-state index >= 15 is 0 Å². The van der Waals surface area contributed by atoms with Crippen molar-refractivity contribution in [3.05, 3.63) is 47.0 Å². The summed E-state index contributed by atoms with van der Waals surface area (Å²) in [5.41, 5.74) is 0.943. The third-order valence-electron chi connectivity index (χ3n) is 2.75. The van der Waals surface area contributed by atoms with Gasteiger partial charge in [-0.3, -0.25) is 9.89 Å². The van der Waals surface area contributed by atoms with Crippen LogP contribution >= 0.6 is 11.3 Å². The standard InChI is InChI=1S/C14H13N5OS/c1-9-16-12(19-18-9)8-15-13(20)6-7-14-17-10-4-2-3-5-11(10)21-14/h2-7H,8H2,1H3,(H,15,20)(H,16,18,19)/b7-6-. The highest BCUT2D eigenvalue weighted by atomic mass is 32.1. The van der Waals surface area contributed by atoms with Crippen molar-refractivity contribution in [1.29, 1.82) is 0 Å². The zero-order valence-corrected chi connectivity index (χ0v) is 12.1. The molecule has 3 aromatic rings. The summed E-state index contributed by atoms with van der Waals surface area (Å²) in [4.78, 5) is 20.3. The molecule has 0 fully saturated rings. The second-order valence-corrected chi connectivity index (χ2v) is 5.47. The van der Waals surface area contributed by atoms with E-state index in [-0.39, 0.29) is 5.91 Å². The molecule has 0 saturated heterocycles. The number of carbonyl (C=O) groups is 1. The molecule has 2 aromatic heterocycles. The fourth-order valence-electron chi connectivity index (χ4n) is 1.80. The highest BCUT2D eigenvalue weighted by molar-refractivity contribution is 7.19. The summed E-state index contributed by atoms with van der Waals surface area (Å²) in [6, 6.07) is 7.88. The van der Waals surface area contributed by atoms with Crippen molar-refractivity contribution in [3.8, 4) is 0 Å². The minimum atomic E-state index is -0.197. The van der Waals surface area contributed by atoms with Crippen molar-refractivity contribution in [3.63, 3.8) is 0 Å². The quantitative estimate of drug-likeness (QED) is 0.722.